The van der Waals surface area contributed by atoms with Crippen LogP contribution in [0.5, 0.6) is 0 Å². The molecule has 0 saturated heterocycles. The van der Waals surface area contributed by atoms with Gasteiger partial charge in [0.15, 0.2) is 0 Å². The van der Waals surface area contributed by atoms with Crippen molar-refractivity contribution in [1.29, 1.82) is 0 Å². The molecule has 0 radical (unpaired) electrons. The second kappa shape index (κ2) is 16.9. The summed E-state index contributed by atoms with van der Waals surface area (Å²) in [6.07, 6.45) is 0. The Morgan fingerprint density at radius 2 is 0.905 bits per heavy atom. The van der Waals surface area contributed by atoms with Crippen LogP contribution in [-0.4, -0.2) is 16.3 Å². The van der Waals surface area contributed by atoms with Crippen molar-refractivity contribution in [2.75, 3.05) is 14.7 Å². The van der Waals surface area contributed by atoms with Gasteiger partial charge in [-0.2, -0.15) is 0 Å². The molecule has 7 heteroatoms. The monoisotopic (exact) mass is 968 g/mol. The second-order valence-electron chi connectivity index (χ2n) is 24.7. The van der Waals surface area contributed by atoms with E-state index in [0.717, 1.165) is 62.1 Å². The van der Waals surface area contributed by atoms with E-state index in [1.54, 1.807) is 0 Å². The number of hydrogen-bond donors (Lipinski definition) is 0. The maximum absolute atomic E-state index is 7.61. The lowest BCUT2D eigenvalue weighted by molar-refractivity contribution is 0.564. The highest BCUT2D eigenvalue weighted by atomic mass is 16.4. The smallest absolute Gasteiger partial charge is 0.307 e. The van der Waals surface area contributed by atoms with Gasteiger partial charge in [0.2, 0.25) is 5.88 Å². The maximum Gasteiger partial charge on any atom is 0.307 e. The SMILES string of the molecule is CC(C)(C)c1ccc(N2c3ccc(C(C)(C)C)cc3B3c4nc(N(c5ccccc5)c5ccccc5)oc4N(c4cc(C(C)(C)C)cc(C(C)(C)C)c4)c4cc(-n5c6ccccc6c6ccccc65)cc2c43)cc1. The Morgan fingerprint density at radius 3 is 1.43 bits per heavy atom. The molecular weight excluding hydrogens is 902 g/mol. The van der Waals surface area contributed by atoms with Crippen molar-refractivity contribution in [2.24, 2.45) is 0 Å². The van der Waals surface area contributed by atoms with Gasteiger partial charge in [0.1, 0.15) is 0 Å². The zero-order valence-corrected chi connectivity index (χ0v) is 45.0. The van der Waals surface area contributed by atoms with Crippen molar-refractivity contribution in [2.45, 2.75) is 105 Å². The van der Waals surface area contributed by atoms with Crippen molar-refractivity contribution in [3.63, 3.8) is 0 Å². The van der Waals surface area contributed by atoms with Crippen molar-refractivity contribution in [3.05, 3.63) is 204 Å². The number of fused-ring (bicyclic) bond motifs is 7. The molecule has 74 heavy (non-hydrogen) atoms. The van der Waals surface area contributed by atoms with E-state index in [1.165, 1.54) is 44.0 Å². The molecule has 0 fully saturated rings. The van der Waals surface area contributed by atoms with Crippen LogP contribution < -0.4 is 31.2 Å². The van der Waals surface area contributed by atoms with Crippen LogP contribution in [0, 0.1) is 0 Å². The molecule has 2 aliphatic heterocycles. The number of para-hydroxylation sites is 4. The zero-order valence-electron chi connectivity index (χ0n) is 45.0. The van der Waals surface area contributed by atoms with Gasteiger partial charge in [-0.05, 0) is 134 Å². The molecule has 0 aliphatic carbocycles. The minimum Gasteiger partial charge on any atom is -0.407 e. The fraction of sp³-hybridized carbons (Fsp3) is 0.239. The van der Waals surface area contributed by atoms with Crippen LogP contribution in [0.2, 0.25) is 0 Å². The molecule has 0 unspecified atom stereocenters. The normalized spacial score (nSPS) is 13.6. The molecule has 368 valence electrons. The van der Waals surface area contributed by atoms with Crippen LogP contribution in [0.4, 0.5) is 51.7 Å². The molecule has 2 aromatic heterocycles. The number of anilines is 9. The molecule has 10 aromatic rings. The van der Waals surface area contributed by atoms with Gasteiger partial charge in [-0.1, -0.05) is 186 Å². The second-order valence-corrected chi connectivity index (χ2v) is 24.7. The zero-order chi connectivity index (χ0) is 51.6. The third-order valence-electron chi connectivity index (χ3n) is 15.4. The lowest BCUT2D eigenvalue weighted by Gasteiger charge is -2.43. The molecule has 0 atom stereocenters. The van der Waals surface area contributed by atoms with Gasteiger partial charge < -0.3 is 13.9 Å². The summed E-state index contributed by atoms with van der Waals surface area (Å²) in [5.41, 5.74) is 18.6. The average Bonchev–Trinajstić information content (AvgIpc) is 4.04. The maximum atomic E-state index is 7.61. The van der Waals surface area contributed by atoms with Crippen LogP contribution in [0.15, 0.2) is 186 Å². The fourth-order valence-corrected chi connectivity index (χ4v) is 11.3. The third kappa shape index (κ3) is 7.82. The lowest BCUT2D eigenvalue weighted by atomic mass is 9.35. The summed E-state index contributed by atoms with van der Waals surface area (Å²) in [6, 6.07) is 67.7. The Labute approximate surface area is 438 Å². The van der Waals surface area contributed by atoms with E-state index >= 15 is 0 Å². The molecule has 2 aliphatic rings. The lowest BCUT2D eigenvalue weighted by Crippen LogP contribution is -2.62. The van der Waals surface area contributed by atoms with Crippen molar-refractivity contribution in [1.82, 2.24) is 9.55 Å². The summed E-state index contributed by atoms with van der Waals surface area (Å²) in [4.78, 5) is 12.9. The van der Waals surface area contributed by atoms with E-state index in [9.17, 15) is 0 Å². The van der Waals surface area contributed by atoms with Crippen LogP contribution in [-0.2, 0) is 21.7 Å². The summed E-state index contributed by atoms with van der Waals surface area (Å²) in [5, 5.41) is 2.44. The molecule has 12 rings (SSSR count). The van der Waals surface area contributed by atoms with Crippen LogP contribution in [0.25, 0.3) is 27.5 Å². The number of oxazole rings is 1. The summed E-state index contributed by atoms with van der Waals surface area (Å²) in [6.45, 7) is 27.4. The first-order valence-corrected chi connectivity index (χ1v) is 26.3. The predicted octanol–water partition coefficient (Wildman–Crippen LogP) is 16.5. The fourth-order valence-electron chi connectivity index (χ4n) is 11.3. The number of benzene rings is 8. The summed E-state index contributed by atoms with van der Waals surface area (Å²) >= 11 is 0. The average molecular weight is 968 g/mol. The van der Waals surface area contributed by atoms with Crippen LogP contribution in [0.3, 0.4) is 0 Å². The highest BCUT2D eigenvalue weighted by molar-refractivity contribution is 6.99. The summed E-state index contributed by atoms with van der Waals surface area (Å²) < 4.78 is 10.1. The molecule has 0 N–H and O–H groups in total. The summed E-state index contributed by atoms with van der Waals surface area (Å²) in [5.74, 6) is 0.709. The summed E-state index contributed by atoms with van der Waals surface area (Å²) in [7, 11) is 0. The third-order valence-corrected chi connectivity index (χ3v) is 15.4. The Morgan fingerprint density at radius 1 is 0.419 bits per heavy atom. The first-order valence-electron chi connectivity index (χ1n) is 26.3. The molecule has 6 nitrogen and oxygen atoms in total. The minimum atomic E-state index is -0.292. The molecule has 0 spiro atoms. The van der Waals surface area contributed by atoms with Crippen LogP contribution in [0.1, 0.15) is 105 Å². The van der Waals surface area contributed by atoms with E-state index in [2.05, 4.69) is 284 Å². The van der Waals surface area contributed by atoms with Crippen molar-refractivity contribution < 1.29 is 4.42 Å². The Balaban J connectivity index is 1.25. The number of hydrogen-bond acceptors (Lipinski definition) is 5. The van der Waals surface area contributed by atoms with Gasteiger partial charge >= 0.3 is 6.01 Å². The highest BCUT2D eigenvalue weighted by Crippen LogP contribution is 2.49. The van der Waals surface area contributed by atoms with Crippen molar-refractivity contribution >= 4 is 96.7 Å². The van der Waals surface area contributed by atoms with E-state index in [1.807, 2.05) is 0 Å². The topological polar surface area (TPSA) is 40.7 Å². The minimum absolute atomic E-state index is 0.0108. The van der Waals surface area contributed by atoms with Gasteiger partial charge in [-0.25, -0.2) is 4.98 Å². The largest absolute Gasteiger partial charge is 0.407 e. The molecular formula is C67H66BN5O. The van der Waals surface area contributed by atoms with Crippen LogP contribution >= 0.6 is 0 Å². The standard InChI is InChI=1S/C67H66BN5O/c1-64(2,3)43-31-34-49(35-32-43)71-57-36-33-44(65(4,5)6)40-54(57)68-60-58(71)41-51(72-55-29-21-19-27-52(55)53-28-20-22-30-56(53)72)42-59(60)73(50-38-45(66(7,8)9)37-46(39-50)67(10,11)12)62-61(68)69-63(74-62)70(47-23-15-13-16-24-47)48-25-17-14-18-26-48/h13-42H,1-12H3. The van der Waals surface area contributed by atoms with E-state index in [0.29, 0.717) is 11.9 Å². The molecule has 0 saturated carbocycles. The Bertz CT molecular complexity index is 3660. The molecule has 8 aromatic carbocycles. The van der Waals surface area contributed by atoms with Gasteiger partial charge in [0.25, 0.3) is 6.71 Å². The first kappa shape index (κ1) is 47.3. The Kier molecular flexibility index (Phi) is 10.8. The van der Waals surface area contributed by atoms with Gasteiger partial charge in [-0.3, -0.25) is 9.80 Å². The predicted molar refractivity (Wildman–Crippen MR) is 314 cm³/mol. The first-order chi connectivity index (χ1) is 35.2. The van der Waals surface area contributed by atoms with Gasteiger partial charge in [0.05, 0.1) is 33.7 Å². The highest BCUT2D eigenvalue weighted by Gasteiger charge is 2.48. The molecule has 0 bridgehead atoms. The number of nitrogens with zero attached hydrogens (tertiary/aromatic N) is 5. The number of rotatable bonds is 6. The quantitative estimate of drug-likeness (QED) is 0.155. The van der Waals surface area contributed by atoms with Crippen molar-refractivity contribution in [3.8, 4) is 5.69 Å². The van der Waals surface area contributed by atoms with E-state index in [4.69, 9.17) is 9.40 Å². The van der Waals surface area contributed by atoms with Gasteiger partial charge in [0, 0.05) is 39.2 Å². The molecule has 4 heterocycles. The number of aromatic nitrogens is 2. The van der Waals surface area contributed by atoms with E-state index in [-0.39, 0.29) is 28.4 Å². The Hall–Kier alpha value is -7.77. The molecule has 0 amide bonds. The van der Waals surface area contributed by atoms with E-state index < -0.39 is 0 Å². The van der Waals surface area contributed by atoms with Gasteiger partial charge in [-0.15, -0.1) is 0 Å².